The molecular formula is C23H33NO3. The van der Waals surface area contributed by atoms with Gasteiger partial charge in [0.05, 0.1) is 17.9 Å². The summed E-state index contributed by atoms with van der Waals surface area (Å²) in [6, 6.07) is 12.6. The number of unbranched alkanes of at least 4 members (excludes halogenated alkanes) is 5. The molecule has 0 amide bonds. The smallest absolute Gasteiger partial charge is 0.338 e. The maximum Gasteiger partial charge on any atom is 0.338 e. The summed E-state index contributed by atoms with van der Waals surface area (Å²) in [5.74, 6) is -0.0396. The molecule has 0 saturated heterocycles. The number of carbonyl (C=O) groups excluding carboxylic acids is 1. The molecule has 148 valence electrons. The van der Waals surface area contributed by atoms with Gasteiger partial charge in [-0.05, 0) is 49.6 Å². The standard InChI is InChI=1S/C15H22O2.C8H11NO/c1-2-3-4-5-6-10-13-17-15(16)14-11-8-7-9-12-14;1-5-3-4-7(10)8(9)6(5)2/h7-9,11-12H,2-6,10,13H2,1H3;3-4,10H,9H2,1-2H3. The zero-order valence-electron chi connectivity index (χ0n) is 16.8. The minimum absolute atomic E-state index is 0.170. The van der Waals surface area contributed by atoms with Crippen LogP contribution < -0.4 is 5.73 Å². The van der Waals surface area contributed by atoms with E-state index < -0.39 is 0 Å². The quantitative estimate of drug-likeness (QED) is 0.266. The van der Waals surface area contributed by atoms with Gasteiger partial charge >= 0.3 is 5.97 Å². The van der Waals surface area contributed by atoms with Crippen LogP contribution in [0, 0.1) is 13.8 Å². The summed E-state index contributed by atoms with van der Waals surface area (Å²) in [5, 5.41) is 9.10. The topological polar surface area (TPSA) is 72.5 Å². The number of rotatable bonds is 8. The van der Waals surface area contributed by atoms with Crippen molar-refractivity contribution < 1.29 is 14.6 Å². The number of ether oxygens (including phenoxy) is 1. The monoisotopic (exact) mass is 371 g/mol. The van der Waals surface area contributed by atoms with E-state index in [0.717, 1.165) is 24.0 Å². The number of hydrogen-bond acceptors (Lipinski definition) is 4. The van der Waals surface area contributed by atoms with Gasteiger partial charge in [0, 0.05) is 0 Å². The van der Waals surface area contributed by atoms with Crippen LogP contribution >= 0.6 is 0 Å². The van der Waals surface area contributed by atoms with Crippen molar-refractivity contribution >= 4 is 11.7 Å². The number of hydrogen-bond donors (Lipinski definition) is 2. The van der Waals surface area contributed by atoms with Crippen molar-refractivity contribution in [3.63, 3.8) is 0 Å². The van der Waals surface area contributed by atoms with Crippen LogP contribution in [0.1, 0.15) is 66.9 Å². The molecule has 0 bridgehead atoms. The molecule has 3 N–H and O–H groups in total. The van der Waals surface area contributed by atoms with Crippen LogP contribution in [0.2, 0.25) is 0 Å². The third-order valence-electron chi connectivity index (χ3n) is 4.50. The van der Waals surface area contributed by atoms with E-state index in [1.807, 2.05) is 38.1 Å². The molecule has 0 atom stereocenters. The zero-order chi connectivity index (χ0) is 20.1. The molecule has 2 rings (SSSR count). The third kappa shape index (κ3) is 8.63. The summed E-state index contributed by atoms with van der Waals surface area (Å²) >= 11 is 0. The van der Waals surface area contributed by atoms with Gasteiger partial charge in [0.1, 0.15) is 5.75 Å². The van der Waals surface area contributed by atoms with E-state index in [9.17, 15) is 4.79 Å². The highest BCUT2D eigenvalue weighted by Gasteiger charge is 2.04. The second-order valence-corrected chi connectivity index (χ2v) is 6.71. The van der Waals surface area contributed by atoms with E-state index in [2.05, 4.69) is 6.92 Å². The molecule has 0 fully saturated rings. The summed E-state index contributed by atoms with van der Waals surface area (Å²) in [7, 11) is 0. The Labute approximate surface area is 163 Å². The number of nitrogens with two attached hydrogens (primary N) is 1. The molecule has 2 aromatic rings. The van der Waals surface area contributed by atoms with E-state index in [1.165, 1.54) is 25.7 Å². The SMILES string of the molecule is CCCCCCCCOC(=O)c1ccccc1.Cc1ccc(O)c(N)c1C. The summed E-state index contributed by atoms with van der Waals surface area (Å²) in [5.41, 5.74) is 8.72. The van der Waals surface area contributed by atoms with Crippen LogP contribution in [-0.4, -0.2) is 17.7 Å². The predicted molar refractivity (Wildman–Crippen MR) is 112 cm³/mol. The van der Waals surface area contributed by atoms with Crippen LogP contribution in [-0.2, 0) is 4.74 Å². The second-order valence-electron chi connectivity index (χ2n) is 6.71. The predicted octanol–water partition coefficient (Wildman–Crippen LogP) is 5.80. The molecular weight excluding hydrogens is 338 g/mol. The lowest BCUT2D eigenvalue weighted by Crippen LogP contribution is -2.06. The van der Waals surface area contributed by atoms with Gasteiger partial charge in [-0.15, -0.1) is 0 Å². The van der Waals surface area contributed by atoms with Crippen molar-refractivity contribution in [1.82, 2.24) is 0 Å². The molecule has 0 saturated carbocycles. The number of esters is 1. The Kier molecular flexibility index (Phi) is 10.7. The Morgan fingerprint density at radius 3 is 2.22 bits per heavy atom. The normalized spacial score (nSPS) is 10.0. The Bertz CT molecular complexity index is 657. The summed E-state index contributed by atoms with van der Waals surface area (Å²) in [6.07, 6.45) is 7.25. The summed E-state index contributed by atoms with van der Waals surface area (Å²) in [6.45, 7) is 6.61. The molecule has 0 aromatic heterocycles. The highest BCUT2D eigenvalue weighted by atomic mass is 16.5. The molecule has 0 spiro atoms. The van der Waals surface area contributed by atoms with Gasteiger partial charge in [0.25, 0.3) is 0 Å². The van der Waals surface area contributed by atoms with Gasteiger partial charge in [-0.25, -0.2) is 4.79 Å². The number of aromatic hydroxyl groups is 1. The Balaban J connectivity index is 0.000000309. The van der Waals surface area contributed by atoms with Crippen molar-refractivity contribution in [3.8, 4) is 5.75 Å². The Morgan fingerprint density at radius 1 is 0.963 bits per heavy atom. The Hall–Kier alpha value is -2.49. The molecule has 4 heteroatoms. The summed E-state index contributed by atoms with van der Waals surface area (Å²) < 4.78 is 5.20. The minimum Gasteiger partial charge on any atom is -0.506 e. The zero-order valence-corrected chi connectivity index (χ0v) is 16.8. The molecule has 0 aliphatic heterocycles. The second kappa shape index (κ2) is 12.8. The molecule has 0 radical (unpaired) electrons. The average Bonchev–Trinajstić information content (AvgIpc) is 2.69. The fourth-order valence-corrected chi connectivity index (χ4v) is 2.53. The fraction of sp³-hybridized carbons (Fsp3) is 0.435. The molecule has 0 aliphatic carbocycles. The van der Waals surface area contributed by atoms with Crippen LogP contribution in [0.15, 0.2) is 42.5 Å². The number of benzene rings is 2. The van der Waals surface area contributed by atoms with Crippen molar-refractivity contribution in [2.75, 3.05) is 12.3 Å². The van der Waals surface area contributed by atoms with Crippen molar-refractivity contribution in [2.45, 2.75) is 59.3 Å². The number of anilines is 1. The first-order valence-electron chi connectivity index (χ1n) is 9.74. The first kappa shape index (κ1) is 22.6. The first-order chi connectivity index (χ1) is 13.0. The van der Waals surface area contributed by atoms with Crippen LogP contribution in [0.25, 0.3) is 0 Å². The van der Waals surface area contributed by atoms with Crippen molar-refractivity contribution in [2.24, 2.45) is 0 Å². The lowest BCUT2D eigenvalue weighted by molar-refractivity contribution is 0.0497. The Morgan fingerprint density at radius 2 is 1.59 bits per heavy atom. The van der Waals surface area contributed by atoms with Gasteiger partial charge in [-0.1, -0.05) is 63.3 Å². The molecule has 0 aliphatic rings. The van der Waals surface area contributed by atoms with Gasteiger partial charge in [-0.3, -0.25) is 0 Å². The third-order valence-corrected chi connectivity index (χ3v) is 4.50. The molecule has 0 heterocycles. The molecule has 2 aromatic carbocycles. The van der Waals surface area contributed by atoms with Crippen LogP contribution in [0.4, 0.5) is 5.69 Å². The largest absolute Gasteiger partial charge is 0.506 e. The number of aryl methyl sites for hydroxylation is 1. The molecule has 27 heavy (non-hydrogen) atoms. The highest BCUT2D eigenvalue weighted by Crippen LogP contribution is 2.25. The lowest BCUT2D eigenvalue weighted by Gasteiger charge is -2.04. The number of phenols is 1. The average molecular weight is 372 g/mol. The fourth-order valence-electron chi connectivity index (χ4n) is 2.53. The van der Waals surface area contributed by atoms with E-state index in [4.69, 9.17) is 15.6 Å². The minimum atomic E-state index is -0.209. The van der Waals surface area contributed by atoms with Gasteiger partial charge in [0.2, 0.25) is 0 Å². The maximum atomic E-state index is 11.6. The highest BCUT2D eigenvalue weighted by molar-refractivity contribution is 5.89. The molecule has 0 unspecified atom stereocenters. The number of carbonyl (C=O) groups is 1. The number of nitrogen functional groups attached to an aromatic ring is 1. The van der Waals surface area contributed by atoms with E-state index >= 15 is 0 Å². The maximum absolute atomic E-state index is 11.6. The van der Waals surface area contributed by atoms with Crippen LogP contribution in [0.5, 0.6) is 5.75 Å². The molecule has 4 nitrogen and oxygen atoms in total. The van der Waals surface area contributed by atoms with Gasteiger partial charge in [-0.2, -0.15) is 0 Å². The van der Waals surface area contributed by atoms with Gasteiger partial charge in [0.15, 0.2) is 0 Å². The van der Waals surface area contributed by atoms with E-state index in [1.54, 1.807) is 18.2 Å². The van der Waals surface area contributed by atoms with Gasteiger partial charge < -0.3 is 15.6 Å². The van der Waals surface area contributed by atoms with Crippen molar-refractivity contribution in [3.05, 3.63) is 59.2 Å². The van der Waals surface area contributed by atoms with Crippen LogP contribution in [0.3, 0.4) is 0 Å². The van der Waals surface area contributed by atoms with E-state index in [0.29, 0.717) is 17.9 Å². The van der Waals surface area contributed by atoms with Crippen molar-refractivity contribution in [1.29, 1.82) is 0 Å². The number of phenolic OH excluding ortho intramolecular Hbond substituents is 1. The first-order valence-corrected chi connectivity index (χ1v) is 9.74. The lowest BCUT2D eigenvalue weighted by atomic mass is 10.1. The summed E-state index contributed by atoms with van der Waals surface area (Å²) in [4.78, 5) is 11.6. The van der Waals surface area contributed by atoms with E-state index in [-0.39, 0.29) is 11.7 Å².